The van der Waals surface area contributed by atoms with Crippen molar-refractivity contribution >= 4 is 17.8 Å². The fraction of sp³-hybridized carbons (Fsp3) is 0.769. The summed E-state index contributed by atoms with van der Waals surface area (Å²) in [5, 5.41) is 11.6. The number of primary amides is 1. The maximum atomic E-state index is 12.3. The summed E-state index contributed by atoms with van der Waals surface area (Å²) in [6.07, 6.45) is 3.04. The van der Waals surface area contributed by atoms with Crippen LogP contribution in [0.3, 0.4) is 0 Å². The first-order chi connectivity index (χ1) is 9.50. The summed E-state index contributed by atoms with van der Waals surface area (Å²) in [7, 11) is 0. The van der Waals surface area contributed by atoms with Crippen molar-refractivity contribution in [3.8, 4) is 0 Å². The minimum Gasteiger partial charge on any atom is -0.481 e. The molecule has 0 aromatic rings. The molecule has 7 nitrogen and oxygen atoms in total. The molecule has 4 N–H and O–H groups in total. The van der Waals surface area contributed by atoms with Crippen molar-refractivity contribution in [2.24, 2.45) is 5.73 Å². The predicted molar refractivity (Wildman–Crippen MR) is 72.9 cm³/mol. The molecule has 0 saturated carbocycles. The topological polar surface area (TPSA) is 113 Å². The SMILES string of the molecule is NC(=O)CC[C@H](NCCCC(=O)O)C(=O)N1CCCC1. The van der Waals surface area contributed by atoms with E-state index in [1.165, 1.54) is 0 Å². The number of likely N-dealkylation sites (tertiary alicyclic amines) is 1. The zero-order chi connectivity index (χ0) is 15.0. The molecule has 1 aliphatic rings. The lowest BCUT2D eigenvalue weighted by Gasteiger charge is -2.23. The van der Waals surface area contributed by atoms with Gasteiger partial charge in [0.25, 0.3) is 0 Å². The quantitative estimate of drug-likeness (QED) is 0.503. The van der Waals surface area contributed by atoms with E-state index < -0.39 is 17.9 Å². The van der Waals surface area contributed by atoms with E-state index in [1.54, 1.807) is 4.90 Å². The van der Waals surface area contributed by atoms with Crippen LogP contribution in [0.25, 0.3) is 0 Å². The monoisotopic (exact) mass is 285 g/mol. The van der Waals surface area contributed by atoms with Gasteiger partial charge in [0, 0.05) is 25.9 Å². The Kier molecular flexibility index (Phi) is 7.00. The number of carboxylic acids is 1. The van der Waals surface area contributed by atoms with Crippen LogP contribution in [-0.4, -0.2) is 53.5 Å². The summed E-state index contributed by atoms with van der Waals surface area (Å²) in [6, 6.07) is -0.450. The molecule has 1 atom stereocenters. The number of nitrogens with two attached hydrogens (primary N) is 1. The molecule has 1 aliphatic heterocycles. The first-order valence-electron chi connectivity index (χ1n) is 7.03. The lowest BCUT2D eigenvalue weighted by molar-refractivity contribution is -0.137. The Bertz CT molecular complexity index is 354. The van der Waals surface area contributed by atoms with Crippen LogP contribution in [0.4, 0.5) is 0 Å². The highest BCUT2D eigenvalue weighted by atomic mass is 16.4. The van der Waals surface area contributed by atoms with Crippen LogP contribution in [0.15, 0.2) is 0 Å². The molecule has 0 aromatic heterocycles. The van der Waals surface area contributed by atoms with Crippen molar-refractivity contribution in [3.05, 3.63) is 0 Å². The van der Waals surface area contributed by atoms with E-state index in [9.17, 15) is 14.4 Å². The number of nitrogens with one attached hydrogen (secondary N) is 1. The number of carboxylic acid groups (broad SMARTS) is 1. The van der Waals surface area contributed by atoms with Crippen LogP contribution in [-0.2, 0) is 14.4 Å². The molecule has 1 heterocycles. The maximum Gasteiger partial charge on any atom is 0.303 e. The smallest absolute Gasteiger partial charge is 0.303 e. The number of hydrogen-bond acceptors (Lipinski definition) is 4. The Labute approximate surface area is 118 Å². The number of hydrogen-bond donors (Lipinski definition) is 3. The Morgan fingerprint density at radius 2 is 1.85 bits per heavy atom. The van der Waals surface area contributed by atoms with Crippen molar-refractivity contribution in [3.63, 3.8) is 0 Å². The number of aliphatic carboxylic acids is 1. The highest BCUT2D eigenvalue weighted by Crippen LogP contribution is 2.11. The van der Waals surface area contributed by atoms with Crippen LogP contribution < -0.4 is 11.1 Å². The third kappa shape index (κ3) is 6.01. The van der Waals surface area contributed by atoms with Crippen LogP contribution in [0.5, 0.6) is 0 Å². The van der Waals surface area contributed by atoms with Gasteiger partial charge in [-0.05, 0) is 32.2 Å². The highest BCUT2D eigenvalue weighted by molar-refractivity contribution is 5.83. The zero-order valence-corrected chi connectivity index (χ0v) is 11.6. The average molecular weight is 285 g/mol. The number of amides is 2. The first-order valence-corrected chi connectivity index (χ1v) is 7.03. The number of carbonyl (C=O) groups excluding carboxylic acids is 2. The van der Waals surface area contributed by atoms with E-state index in [4.69, 9.17) is 10.8 Å². The summed E-state index contributed by atoms with van der Waals surface area (Å²) in [5.41, 5.74) is 5.12. The van der Waals surface area contributed by atoms with E-state index in [1.807, 2.05) is 0 Å². The third-order valence-corrected chi connectivity index (χ3v) is 3.35. The van der Waals surface area contributed by atoms with E-state index in [2.05, 4.69) is 5.32 Å². The molecule has 0 aromatic carbocycles. The van der Waals surface area contributed by atoms with Gasteiger partial charge in [-0.15, -0.1) is 0 Å². The Hall–Kier alpha value is -1.63. The highest BCUT2D eigenvalue weighted by Gasteiger charge is 2.26. The number of rotatable bonds is 9. The van der Waals surface area contributed by atoms with E-state index in [-0.39, 0.29) is 18.7 Å². The number of carbonyl (C=O) groups is 3. The minimum atomic E-state index is -0.855. The minimum absolute atomic E-state index is 0.0147. The lowest BCUT2D eigenvalue weighted by Crippen LogP contribution is -2.46. The van der Waals surface area contributed by atoms with Crippen LogP contribution >= 0.6 is 0 Å². The third-order valence-electron chi connectivity index (χ3n) is 3.35. The first kappa shape index (κ1) is 16.4. The van der Waals surface area contributed by atoms with Crippen molar-refractivity contribution in [2.75, 3.05) is 19.6 Å². The second-order valence-electron chi connectivity index (χ2n) is 5.04. The van der Waals surface area contributed by atoms with Crippen LogP contribution in [0, 0.1) is 0 Å². The maximum absolute atomic E-state index is 12.3. The number of nitrogens with zero attached hydrogens (tertiary/aromatic N) is 1. The second kappa shape index (κ2) is 8.52. The molecule has 0 bridgehead atoms. The van der Waals surface area contributed by atoms with Crippen molar-refractivity contribution in [1.29, 1.82) is 0 Å². The Morgan fingerprint density at radius 3 is 2.40 bits per heavy atom. The molecular weight excluding hydrogens is 262 g/mol. The average Bonchev–Trinajstić information content (AvgIpc) is 2.90. The fourth-order valence-electron chi connectivity index (χ4n) is 2.27. The van der Waals surface area contributed by atoms with Gasteiger partial charge in [-0.3, -0.25) is 14.4 Å². The Morgan fingerprint density at radius 1 is 1.20 bits per heavy atom. The molecule has 0 spiro atoms. The van der Waals surface area contributed by atoms with Gasteiger partial charge >= 0.3 is 5.97 Å². The molecule has 0 radical (unpaired) electrons. The molecule has 0 aliphatic carbocycles. The van der Waals surface area contributed by atoms with E-state index in [0.29, 0.717) is 19.4 Å². The van der Waals surface area contributed by atoms with Crippen molar-refractivity contribution in [1.82, 2.24) is 10.2 Å². The van der Waals surface area contributed by atoms with Crippen LogP contribution in [0.2, 0.25) is 0 Å². The summed E-state index contributed by atoms with van der Waals surface area (Å²) in [6.45, 7) is 1.95. The summed E-state index contributed by atoms with van der Waals surface area (Å²) >= 11 is 0. The van der Waals surface area contributed by atoms with E-state index in [0.717, 1.165) is 25.9 Å². The molecule has 1 rings (SSSR count). The molecule has 0 unspecified atom stereocenters. The van der Waals surface area contributed by atoms with Crippen molar-refractivity contribution < 1.29 is 19.5 Å². The summed E-state index contributed by atoms with van der Waals surface area (Å²) in [5.74, 6) is -1.30. The van der Waals surface area contributed by atoms with E-state index >= 15 is 0 Å². The lowest BCUT2D eigenvalue weighted by atomic mass is 10.1. The van der Waals surface area contributed by atoms with Gasteiger partial charge < -0.3 is 21.1 Å². The molecular formula is C13H23N3O4. The van der Waals surface area contributed by atoms with Gasteiger partial charge in [0.05, 0.1) is 6.04 Å². The molecule has 1 fully saturated rings. The molecule has 20 heavy (non-hydrogen) atoms. The zero-order valence-electron chi connectivity index (χ0n) is 11.6. The normalized spacial score (nSPS) is 16.1. The molecule has 1 saturated heterocycles. The van der Waals surface area contributed by atoms with Crippen LogP contribution in [0.1, 0.15) is 38.5 Å². The van der Waals surface area contributed by atoms with Gasteiger partial charge in [0.2, 0.25) is 11.8 Å². The van der Waals surface area contributed by atoms with Gasteiger partial charge in [-0.25, -0.2) is 0 Å². The second-order valence-corrected chi connectivity index (χ2v) is 5.04. The van der Waals surface area contributed by atoms with Gasteiger partial charge in [-0.1, -0.05) is 0 Å². The summed E-state index contributed by atoms with van der Waals surface area (Å²) < 4.78 is 0. The standard InChI is InChI=1S/C13H23N3O4/c14-11(17)6-5-10(15-7-3-4-12(18)19)13(20)16-8-1-2-9-16/h10,15H,1-9H2,(H2,14,17)(H,18,19)/t10-/m0/s1. The molecule has 2 amide bonds. The van der Waals surface area contributed by atoms with Crippen molar-refractivity contribution in [2.45, 2.75) is 44.6 Å². The van der Waals surface area contributed by atoms with Gasteiger partial charge in [0.1, 0.15) is 0 Å². The Balaban J connectivity index is 2.43. The largest absolute Gasteiger partial charge is 0.481 e. The predicted octanol–water partition coefficient (Wildman–Crippen LogP) is -0.303. The molecule has 114 valence electrons. The van der Waals surface area contributed by atoms with Gasteiger partial charge in [0.15, 0.2) is 0 Å². The fourth-order valence-corrected chi connectivity index (χ4v) is 2.27. The molecule has 7 heteroatoms. The summed E-state index contributed by atoms with van der Waals surface area (Å²) in [4.78, 5) is 35.4. The van der Waals surface area contributed by atoms with Gasteiger partial charge in [-0.2, -0.15) is 0 Å².